The van der Waals surface area contributed by atoms with Gasteiger partial charge in [-0.15, -0.1) is 12.4 Å². The summed E-state index contributed by atoms with van der Waals surface area (Å²) in [6.07, 6.45) is 6.60. The van der Waals surface area contributed by atoms with Gasteiger partial charge in [-0.1, -0.05) is 12.1 Å². The molecule has 23 heavy (non-hydrogen) atoms. The Bertz CT molecular complexity index is 500. The number of aryl methyl sites for hydroxylation is 1. The molecule has 1 aliphatic carbocycles. The van der Waals surface area contributed by atoms with E-state index in [0.29, 0.717) is 18.4 Å². The normalized spacial score (nSPS) is 18.1. The summed E-state index contributed by atoms with van der Waals surface area (Å²) < 4.78 is 6.02. The van der Waals surface area contributed by atoms with Gasteiger partial charge in [0.25, 0.3) is 0 Å². The van der Waals surface area contributed by atoms with Crippen LogP contribution in [-0.4, -0.2) is 31.6 Å². The first-order chi connectivity index (χ1) is 10.8. The van der Waals surface area contributed by atoms with Crippen molar-refractivity contribution >= 4 is 18.3 Å². The number of rotatable bonds is 7. The van der Waals surface area contributed by atoms with Crippen LogP contribution < -0.4 is 15.4 Å². The molecule has 2 fully saturated rings. The minimum atomic E-state index is 0. The van der Waals surface area contributed by atoms with Gasteiger partial charge in [0.2, 0.25) is 5.91 Å². The second-order valence-electron chi connectivity index (χ2n) is 6.50. The molecule has 3 rings (SSSR count). The highest BCUT2D eigenvalue weighted by molar-refractivity contribution is 5.85. The first-order valence-electron chi connectivity index (χ1n) is 8.52. The Morgan fingerprint density at radius 1 is 1.26 bits per heavy atom. The predicted octanol–water partition coefficient (Wildman–Crippen LogP) is 2.70. The molecule has 1 aromatic carbocycles. The second kappa shape index (κ2) is 9.14. The quantitative estimate of drug-likeness (QED) is 0.803. The number of carbonyl (C=O) groups excluding carboxylic acids is 1. The van der Waals surface area contributed by atoms with Crippen molar-refractivity contribution < 1.29 is 9.53 Å². The highest BCUT2D eigenvalue weighted by Crippen LogP contribution is 2.24. The lowest BCUT2D eigenvalue weighted by Crippen LogP contribution is -2.48. The monoisotopic (exact) mass is 338 g/mol. The Labute approximate surface area is 144 Å². The summed E-state index contributed by atoms with van der Waals surface area (Å²) in [6, 6.07) is 8.20. The van der Waals surface area contributed by atoms with Crippen LogP contribution in [0.3, 0.4) is 0 Å². The summed E-state index contributed by atoms with van der Waals surface area (Å²) in [6.45, 7) is 2.86. The van der Waals surface area contributed by atoms with Crippen molar-refractivity contribution in [3.63, 3.8) is 0 Å². The van der Waals surface area contributed by atoms with Gasteiger partial charge in [0.1, 0.15) is 5.75 Å². The van der Waals surface area contributed by atoms with Crippen LogP contribution in [0.2, 0.25) is 0 Å². The van der Waals surface area contributed by atoms with Gasteiger partial charge in [0.05, 0.1) is 6.10 Å². The second-order valence-corrected chi connectivity index (χ2v) is 6.50. The fraction of sp³-hybridized carbons (Fsp3) is 0.611. The smallest absolute Gasteiger partial charge is 0.220 e. The Balaban J connectivity index is 0.00000192. The molecular weight excluding hydrogens is 312 g/mol. The predicted molar refractivity (Wildman–Crippen MR) is 94.3 cm³/mol. The lowest BCUT2D eigenvalue weighted by Gasteiger charge is -2.27. The minimum absolute atomic E-state index is 0. The zero-order valence-electron chi connectivity index (χ0n) is 13.6. The Hall–Kier alpha value is -1.26. The molecule has 1 amide bonds. The number of carbonyl (C=O) groups is 1. The highest BCUT2D eigenvalue weighted by atomic mass is 35.5. The van der Waals surface area contributed by atoms with Crippen molar-refractivity contribution in [3.05, 3.63) is 29.8 Å². The number of hydrogen-bond donors (Lipinski definition) is 2. The number of amides is 1. The van der Waals surface area contributed by atoms with Crippen LogP contribution in [0.1, 0.15) is 37.7 Å². The highest BCUT2D eigenvalue weighted by Gasteiger charge is 2.17. The maximum Gasteiger partial charge on any atom is 0.220 e. The standard InChI is InChI=1S/C18H26N2O2.ClH/c21-18(20-13-15-11-19-12-15)9-8-14-4-3-7-17(10-14)22-16-5-1-2-6-16;/h3-4,7,10,15-16,19H,1-2,5-6,8-9,11-13H2,(H,20,21);1H. The maximum absolute atomic E-state index is 11.9. The average Bonchev–Trinajstić information content (AvgIpc) is 2.97. The Morgan fingerprint density at radius 2 is 2.04 bits per heavy atom. The van der Waals surface area contributed by atoms with Crippen molar-refractivity contribution in [2.75, 3.05) is 19.6 Å². The molecule has 1 aromatic rings. The molecule has 0 radical (unpaired) electrons. The lowest BCUT2D eigenvalue weighted by atomic mass is 10.0. The van der Waals surface area contributed by atoms with Gasteiger partial charge in [-0.2, -0.15) is 0 Å². The Kier molecular flexibility index (Phi) is 7.18. The summed E-state index contributed by atoms with van der Waals surface area (Å²) >= 11 is 0. The third-order valence-electron chi connectivity index (χ3n) is 4.60. The number of halogens is 1. The van der Waals surface area contributed by atoms with Gasteiger partial charge in [-0.3, -0.25) is 4.79 Å². The molecule has 1 saturated heterocycles. The number of ether oxygens (including phenoxy) is 1. The van der Waals surface area contributed by atoms with Crippen LogP contribution in [0.5, 0.6) is 5.75 Å². The fourth-order valence-corrected chi connectivity index (χ4v) is 3.07. The molecule has 0 unspecified atom stereocenters. The SMILES string of the molecule is Cl.O=C(CCc1cccc(OC2CCCC2)c1)NCC1CNC1. The van der Waals surface area contributed by atoms with Crippen molar-refractivity contribution in [3.8, 4) is 5.75 Å². The average molecular weight is 339 g/mol. The number of nitrogens with one attached hydrogen (secondary N) is 2. The molecule has 1 saturated carbocycles. The van der Waals surface area contributed by atoms with Crippen molar-refractivity contribution in [2.24, 2.45) is 5.92 Å². The minimum Gasteiger partial charge on any atom is -0.490 e. The topological polar surface area (TPSA) is 50.4 Å². The molecule has 4 nitrogen and oxygen atoms in total. The van der Waals surface area contributed by atoms with E-state index in [0.717, 1.165) is 31.8 Å². The fourth-order valence-electron chi connectivity index (χ4n) is 3.07. The van der Waals surface area contributed by atoms with E-state index in [2.05, 4.69) is 22.8 Å². The van der Waals surface area contributed by atoms with E-state index >= 15 is 0 Å². The molecule has 0 aromatic heterocycles. The molecule has 0 bridgehead atoms. The summed E-state index contributed by atoms with van der Waals surface area (Å²) in [4.78, 5) is 11.9. The van der Waals surface area contributed by atoms with E-state index in [4.69, 9.17) is 4.74 Å². The van der Waals surface area contributed by atoms with Gasteiger partial charge in [0.15, 0.2) is 0 Å². The van der Waals surface area contributed by atoms with E-state index in [1.807, 2.05) is 12.1 Å². The largest absolute Gasteiger partial charge is 0.490 e. The molecule has 0 spiro atoms. The summed E-state index contributed by atoms with van der Waals surface area (Å²) in [7, 11) is 0. The Morgan fingerprint density at radius 3 is 2.74 bits per heavy atom. The van der Waals surface area contributed by atoms with E-state index in [9.17, 15) is 4.79 Å². The van der Waals surface area contributed by atoms with Gasteiger partial charge >= 0.3 is 0 Å². The van der Waals surface area contributed by atoms with Gasteiger partial charge in [-0.25, -0.2) is 0 Å². The molecule has 128 valence electrons. The zero-order valence-corrected chi connectivity index (χ0v) is 14.4. The van der Waals surface area contributed by atoms with E-state index in [1.54, 1.807) is 0 Å². The molecule has 0 atom stereocenters. The van der Waals surface area contributed by atoms with Gasteiger partial charge in [-0.05, 0) is 49.8 Å². The first-order valence-corrected chi connectivity index (χ1v) is 8.52. The molecule has 2 N–H and O–H groups in total. The van der Waals surface area contributed by atoms with Crippen LogP contribution in [0, 0.1) is 5.92 Å². The van der Waals surface area contributed by atoms with Crippen LogP contribution in [-0.2, 0) is 11.2 Å². The molecule has 1 aliphatic heterocycles. The maximum atomic E-state index is 11.9. The van der Waals surface area contributed by atoms with Crippen LogP contribution in [0.4, 0.5) is 0 Å². The number of benzene rings is 1. The van der Waals surface area contributed by atoms with Crippen LogP contribution >= 0.6 is 12.4 Å². The summed E-state index contributed by atoms with van der Waals surface area (Å²) in [5.74, 6) is 1.71. The van der Waals surface area contributed by atoms with Crippen molar-refractivity contribution in [1.29, 1.82) is 0 Å². The van der Waals surface area contributed by atoms with Crippen molar-refractivity contribution in [2.45, 2.75) is 44.6 Å². The molecule has 2 aliphatic rings. The third kappa shape index (κ3) is 5.70. The van der Waals surface area contributed by atoms with E-state index in [1.165, 1.54) is 31.2 Å². The third-order valence-corrected chi connectivity index (χ3v) is 4.60. The number of hydrogen-bond acceptors (Lipinski definition) is 3. The van der Waals surface area contributed by atoms with Gasteiger partial charge < -0.3 is 15.4 Å². The van der Waals surface area contributed by atoms with Crippen molar-refractivity contribution in [1.82, 2.24) is 10.6 Å². The van der Waals surface area contributed by atoms with Crippen LogP contribution in [0.25, 0.3) is 0 Å². The van der Waals surface area contributed by atoms with Crippen LogP contribution in [0.15, 0.2) is 24.3 Å². The van der Waals surface area contributed by atoms with E-state index < -0.39 is 0 Å². The molecule has 1 heterocycles. The molecular formula is C18H27ClN2O2. The zero-order chi connectivity index (χ0) is 15.2. The first kappa shape index (κ1) is 18.1. The van der Waals surface area contributed by atoms with E-state index in [-0.39, 0.29) is 18.3 Å². The summed E-state index contributed by atoms with van der Waals surface area (Å²) in [5.41, 5.74) is 1.18. The lowest BCUT2D eigenvalue weighted by molar-refractivity contribution is -0.121. The molecule has 5 heteroatoms. The van der Waals surface area contributed by atoms with Gasteiger partial charge in [0, 0.05) is 32.0 Å². The summed E-state index contributed by atoms with van der Waals surface area (Å²) in [5, 5.41) is 6.23.